The summed E-state index contributed by atoms with van der Waals surface area (Å²) in [5.41, 5.74) is 3.59. The van der Waals surface area contributed by atoms with Crippen molar-refractivity contribution in [3.8, 4) is 17.2 Å². The first-order valence-electron chi connectivity index (χ1n) is 13.9. The lowest BCUT2D eigenvalue weighted by Gasteiger charge is -2.13. The summed E-state index contributed by atoms with van der Waals surface area (Å²) in [5.74, 6) is 0.928. The van der Waals surface area contributed by atoms with Gasteiger partial charge in [-0.15, -0.1) is 0 Å². The van der Waals surface area contributed by atoms with Gasteiger partial charge in [-0.3, -0.25) is 9.59 Å². The van der Waals surface area contributed by atoms with Crippen molar-refractivity contribution in [2.24, 2.45) is 0 Å². The van der Waals surface area contributed by atoms with E-state index in [1.165, 1.54) is 7.11 Å². The summed E-state index contributed by atoms with van der Waals surface area (Å²) >= 11 is 0. The Bertz CT molecular complexity index is 1740. The smallest absolute Gasteiger partial charge is 0.339 e. The number of anilines is 2. The van der Waals surface area contributed by atoms with Crippen LogP contribution in [-0.4, -0.2) is 24.9 Å². The van der Waals surface area contributed by atoms with Gasteiger partial charge in [0.1, 0.15) is 23.9 Å². The molecule has 0 aliphatic heterocycles. The van der Waals surface area contributed by atoms with E-state index in [1.54, 1.807) is 60.7 Å². The third kappa shape index (κ3) is 7.89. The van der Waals surface area contributed by atoms with Crippen LogP contribution in [-0.2, 0) is 22.6 Å². The molecule has 5 aromatic carbocycles. The van der Waals surface area contributed by atoms with Crippen LogP contribution in [0.2, 0.25) is 0 Å². The summed E-state index contributed by atoms with van der Waals surface area (Å²) in [5, 5.41) is 5.73. The van der Waals surface area contributed by atoms with Gasteiger partial charge in [0.15, 0.2) is 0 Å². The number of nitrogens with one attached hydrogen (secondary N) is 2. The molecule has 0 bridgehead atoms. The standard InChI is InChI=1S/C36H30N2O6/c1-42-36(41)31-12-6-8-14-33(31)37-34(39)23-25-15-17-29(18-16-25)44-30-21-19-28(20-22-30)43-24-27-11-5-7-13-32(27)38-35(40)26-9-3-2-4-10-26/h2-22H,23-24H2,1H3,(H,37,39)(H,38,40). The number of methoxy groups -OCH3 is 1. The number of hydrogen-bond donors (Lipinski definition) is 2. The fourth-order valence-corrected chi connectivity index (χ4v) is 4.39. The van der Waals surface area contributed by atoms with E-state index in [9.17, 15) is 14.4 Å². The maximum absolute atomic E-state index is 12.6. The van der Waals surface area contributed by atoms with Gasteiger partial charge in [0.2, 0.25) is 5.91 Å². The molecule has 0 saturated carbocycles. The molecule has 220 valence electrons. The molecule has 5 rings (SSSR count). The van der Waals surface area contributed by atoms with Crippen LogP contribution >= 0.6 is 0 Å². The van der Waals surface area contributed by atoms with Gasteiger partial charge in [-0.05, 0) is 72.3 Å². The number of carbonyl (C=O) groups excluding carboxylic acids is 3. The average Bonchev–Trinajstić information content (AvgIpc) is 3.06. The molecule has 8 nitrogen and oxygen atoms in total. The van der Waals surface area contributed by atoms with Crippen molar-refractivity contribution < 1.29 is 28.6 Å². The molecule has 2 N–H and O–H groups in total. The van der Waals surface area contributed by atoms with Gasteiger partial charge in [0, 0.05) is 16.8 Å². The van der Waals surface area contributed by atoms with Gasteiger partial charge < -0.3 is 24.8 Å². The number of carbonyl (C=O) groups is 3. The second kappa shape index (κ2) is 14.3. The lowest BCUT2D eigenvalue weighted by Crippen LogP contribution is -2.17. The molecule has 5 aromatic rings. The molecule has 0 spiro atoms. The van der Waals surface area contributed by atoms with Crippen molar-refractivity contribution >= 4 is 29.2 Å². The Labute approximate surface area is 255 Å². The molecule has 2 amide bonds. The molecule has 0 aromatic heterocycles. The Kier molecular flexibility index (Phi) is 9.64. The van der Waals surface area contributed by atoms with Crippen molar-refractivity contribution in [2.75, 3.05) is 17.7 Å². The zero-order chi connectivity index (χ0) is 30.7. The number of para-hydroxylation sites is 2. The van der Waals surface area contributed by atoms with Gasteiger partial charge >= 0.3 is 5.97 Å². The van der Waals surface area contributed by atoms with E-state index >= 15 is 0 Å². The van der Waals surface area contributed by atoms with E-state index in [1.807, 2.05) is 66.7 Å². The predicted octanol–water partition coefficient (Wildman–Crippen LogP) is 7.28. The molecular weight excluding hydrogens is 556 g/mol. The van der Waals surface area contributed by atoms with E-state index in [4.69, 9.17) is 14.2 Å². The molecule has 0 aliphatic rings. The highest BCUT2D eigenvalue weighted by molar-refractivity contribution is 6.04. The van der Waals surface area contributed by atoms with Crippen molar-refractivity contribution in [1.29, 1.82) is 0 Å². The maximum Gasteiger partial charge on any atom is 0.339 e. The fraction of sp³-hybridized carbons (Fsp3) is 0.0833. The third-order valence-corrected chi connectivity index (χ3v) is 6.65. The minimum atomic E-state index is -0.517. The van der Waals surface area contributed by atoms with Crippen LogP contribution in [0.3, 0.4) is 0 Å². The Morgan fingerprint density at radius 1 is 0.614 bits per heavy atom. The average molecular weight is 587 g/mol. The molecule has 0 radical (unpaired) electrons. The minimum Gasteiger partial charge on any atom is -0.489 e. The highest BCUT2D eigenvalue weighted by Crippen LogP contribution is 2.26. The van der Waals surface area contributed by atoms with Crippen molar-refractivity contribution in [3.63, 3.8) is 0 Å². The normalized spacial score (nSPS) is 10.4. The van der Waals surface area contributed by atoms with Gasteiger partial charge in [-0.2, -0.15) is 0 Å². The first-order chi connectivity index (χ1) is 21.5. The van der Waals surface area contributed by atoms with Crippen LogP contribution in [0, 0.1) is 0 Å². The van der Waals surface area contributed by atoms with E-state index in [0.29, 0.717) is 39.8 Å². The summed E-state index contributed by atoms with van der Waals surface area (Å²) in [4.78, 5) is 37.2. The third-order valence-electron chi connectivity index (χ3n) is 6.65. The van der Waals surface area contributed by atoms with Crippen LogP contribution in [0.5, 0.6) is 17.2 Å². The minimum absolute atomic E-state index is 0.126. The Morgan fingerprint density at radius 2 is 1.20 bits per heavy atom. The van der Waals surface area contributed by atoms with Crippen molar-refractivity contribution in [2.45, 2.75) is 13.0 Å². The van der Waals surface area contributed by atoms with Crippen LogP contribution in [0.15, 0.2) is 127 Å². The van der Waals surface area contributed by atoms with E-state index in [2.05, 4.69) is 10.6 Å². The first kappa shape index (κ1) is 29.6. The van der Waals surface area contributed by atoms with E-state index in [-0.39, 0.29) is 24.8 Å². The quantitative estimate of drug-likeness (QED) is 0.158. The molecule has 0 atom stereocenters. The van der Waals surface area contributed by atoms with Crippen LogP contribution in [0.4, 0.5) is 11.4 Å². The Balaban J connectivity index is 1.13. The number of hydrogen-bond acceptors (Lipinski definition) is 6. The first-order valence-corrected chi connectivity index (χ1v) is 13.9. The number of ether oxygens (including phenoxy) is 3. The molecule has 0 unspecified atom stereocenters. The fourth-order valence-electron chi connectivity index (χ4n) is 4.39. The summed E-state index contributed by atoms with van der Waals surface area (Å²) < 4.78 is 16.7. The van der Waals surface area contributed by atoms with Crippen LogP contribution < -0.4 is 20.1 Å². The topological polar surface area (TPSA) is 103 Å². The van der Waals surface area contributed by atoms with Gasteiger partial charge in [-0.1, -0.05) is 60.7 Å². The zero-order valence-electron chi connectivity index (χ0n) is 24.0. The van der Waals surface area contributed by atoms with Crippen molar-refractivity contribution in [1.82, 2.24) is 0 Å². The highest BCUT2D eigenvalue weighted by atomic mass is 16.5. The molecule has 44 heavy (non-hydrogen) atoms. The number of benzene rings is 5. The lowest BCUT2D eigenvalue weighted by molar-refractivity contribution is -0.115. The summed E-state index contributed by atoms with van der Waals surface area (Å²) in [6, 6.07) is 37.7. The second-order valence-electron chi connectivity index (χ2n) is 9.75. The SMILES string of the molecule is COC(=O)c1ccccc1NC(=O)Cc1ccc(Oc2ccc(OCc3ccccc3NC(=O)c3ccccc3)cc2)cc1. The largest absolute Gasteiger partial charge is 0.489 e. The lowest BCUT2D eigenvalue weighted by atomic mass is 10.1. The molecule has 0 heterocycles. The van der Waals surface area contributed by atoms with Crippen molar-refractivity contribution in [3.05, 3.63) is 150 Å². The highest BCUT2D eigenvalue weighted by Gasteiger charge is 2.14. The maximum atomic E-state index is 12.6. The Hall–Kier alpha value is -5.89. The summed E-state index contributed by atoms with van der Waals surface area (Å²) in [6.07, 6.45) is 0.126. The van der Waals surface area contributed by atoms with Crippen LogP contribution in [0.25, 0.3) is 0 Å². The van der Waals surface area contributed by atoms with Gasteiger partial charge in [-0.25, -0.2) is 4.79 Å². The number of amides is 2. The monoisotopic (exact) mass is 586 g/mol. The number of esters is 1. The molecular formula is C36H30N2O6. The molecule has 8 heteroatoms. The molecule has 0 aliphatic carbocycles. The summed E-state index contributed by atoms with van der Waals surface area (Å²) in [6.45, 7) is 0.273. The predicted molar refractivity (Wildman–Crippen MR) is 168 cm³/mol. The zero-order valence-corrected chi connectivity index (χ0v) is 24.0. The van der Waals surface area contributed by atoms with Gasteiger partial charge in [0.05, 0.1) is 24.8 Å². The van der Waals surface area contributed by atoms with E-state index in [0.717, 1.165) is 11.1 Å². The molecule has 0 fully saturated rings. The Morgan fingerprint density at radius 3 is 1.91 bits per heavy atom. The molecule has 0 saturated heterocycles. The van der Waals surface area contributed by atoms with Gasteiger partial charge in [0.25, 0.3) is 5.91 Å². The number of rotatable bonds is 11. The van der Waals surface area contributed by atoms with E-state index < -0.39 is 5.97 Å². The van der Waals surface area contributed by atoms with Crippen LogP contribution in [0.1, 0.15) is 31.8 Å². The summed E-state index contributed by atoms with van der Waals surface area (Å²) in [7, 11) is 1.30. The second-order valence-corrected chi connectivity index (χ2v) is 9.75.